The van der Waals surface area contributed by atoms with Crippen molar-refractivity contribution in [1.82, 2.24) is 5.32 Å². The van der Waals surface area contributed by atoms with Crippen molar-refractivity contribution in [3.63, 3.8) is 0 Å². The topological polar surface area (TPSA) is 21.3 Å². The van der Waals surface area contributed by atoms with Gasteiger partial charge in [0.1, 0.15) is 0 Å². The van der Waals surface area contributed by atoms with E-state index in [1.807, 2.05) is 6.07 Å². The molecule has 0 bridgehead atoms. The van der Waals surface area contributed by atoms with Crippen LogP contribution in [0.5, 0.6) is 5.75 Å². The minimum Gasteiger partial charge on any atom is -0.494 e. The average molecular weight is 251 g/mol. The normalized spacial score (nSPS) is 16.9. The van der Waals surface area contributed by atoms with E-state index >= 15 is 0 Å². The Bertz CT molecular complexity index is 413. The van der Waals surface area contributed by atoms with Crippen molar-refractivity contribution in [3.05, 3.63) is 29.6 Å². The first-order valence-corrected chi connectivity index (χ1v) is 6.60. The summed E-state index contributed by atoms with van der Waals surface area (Å²) in [5.41, 5.74) is 1.42. The number of hydrogen-bond acceptors (Lipinski definition) is 2. The quantitative estimate of drug-likeness (QED) is 0.838. The Morgan fingerprint density at radius 2 is 2.11 bits per heavy atom. The summed E-state index contributed by atoms with van der Waals surface area (Å²) in [6.07, 6.45) is 3.42. The molecule has 0 heterocycles. The van der Waals surface area contributed by atoms with Crippen LogP contribution in [0.4, 0.5) is 4.39 Å². The van der Waals surface area contributed by atoms with Gasteiger partial charge in [0.25, 0.3) is 0 Å². The highest BCUT2D eigenvalue weighted by atomic mass is 19.1. The maximum Gasteiger partial charge on any atom is 0.165 e. The number of rotatable bonds is 6. The van der Waals surface area contributed by atoms with Gasteiger partial charge >= 0.3 is 0 Å². The van der Waals surface area contributed by atoms with Gasteiger partial charge < -0.3 is 10.1 Å². The van der Waals surface area contributed by atoms with Crippen molar-refractivity contribution in [2.75, 3.05) is 13.7 Å². The predicted molar refractivity (Wildman–Crippen MR) is 71.5 cm³/mol. The van der Waals surface area contributed by atoms with Crippen LogP contribution in [0.25, 0.3) is 0 Å². The van der Waals surface area contributed by atoms with Gasteiger partial charge in [0.15, 0.2) is 11.6 Å². The Hall–Kier alpha value is -1.09. The molecule has 2 nitrogen and oxygen atoms in total. The highest BCUT2D eigenvalue weighted by Crippen LogP contribution is 2.48. The minimum absolute atomic E-state index is 0.261. The van der Waals surface area contributed by atoms with Gasteiger partial charge in [-0.2, -0.15) is 0 Å². The third kappa shape index (κ3) is 3.22. The van der Waals surface area contributed by atoms with Crippen LogP contribution in [0.1, 0.15) is 32.3 Å². The van der Waals surface area contributed by atoms with Crippen LogP contribution >= 0.6 is 0 Å². The molecule has 1 saturated carbocycles. The fraction of sp³-hybridized carbons (Fsp3) is 0.600. The third-order valence-electron chi connectivity index (χ3n) is 3.64. The van der Waals surface area contributed by atoms with Gasteiger partial charge in [-0.15, -0.1) is 0 Å². The second kappa shape index (κ2) is 5.27. The van der Waals surface area contributed by atoms with Gasteiger partial charge in [0.05, 0.1) is 7.11 Å². The monoisotopic (exact) mass is 251 g/mol. The molecule has 1 N–H and O–H groups in total. The van der Waals surface area contributed by atoms with Crippen molar-refractivity contribution in [2.45, 2.75) is 39.2 Å². The molecular weight excluding hydrogens is 229 g/mol. The summed E-state index contributed by atoms with van der Waals surface area (Å²) in [6, 6.07) is 5.80. The summed E-state index contributed by atoms with van der Waals surface area (Å²) < 4.78 is 18.6. The second-order valence-corrected chi connectivity index (χ2v) is 5.68. The first-order chi connectivity index (χ1) is 8.54. The summed E-state index contributed by atoms with van der Waals surface area (Å²) in [5.74, 6) is 0.0616. The zero-order valence-corrected chi connectivity index (χ0v) is 11.4. The molecule has 0 saturated heterocycles. The standard InChI is InChI=1S/C15H22FNO/c1-11(2)17-10-15(6-7-15)9-12-4-5-14(18-3)13(16)8-12/h4-5,8,11,17H,6-7,9-10H2,1-3H3. The van der Waals surface area contributed by atoms with Gasteiger partial charge in [-0.3, -0.25) is 0 Å². The van der Waals surface area contributed by atoms with Gasteiger partial charge in [-0.05, 0) is 42.4 Å². The number of methoxy groups -OCH3 is 1. The van der Waals surface area contributed by atoms with Crippen LogP contribution in [-0.2, 0) is 6.42 Å². The van der Waals surface area contributed by atoms with E-state index in [2.05, 4.69) is 19.2 Å². The highest BCUT2D eigenvalue weighted by Gasteiger charge is 2.42. The zero-order valence-electron chi connectivity index (χ0n) is 11.4. The van der Waals surface area contributed by atoms with E-state index in [1.165, 1.54) is 20.0 Å². The largest absolute Gasteiger partial charge is 0.494 e. The van der Waals surface area contributed by atoms with Gasteiger partial charge in [-0.1, -0.05) is 19.9 Å². The third-order valence-corrected chi connectivity index (χ3v) is 3.64. The SMILES string of the molecule is COc1ccc(CC2(CNC(C)C)CC2)cc1F. The smallest absolute Gasteiger partial charge is 0.165 e. The number of benzene rings is 1. The van der Waals surface area contributed by atoms with E-state index in [1.54, 1.807) is 12.1 Å². The number of hydrogen-bond donors (Lipinski definition) is 1. The van der Waals surface area contributed by atoms with E-state index in [4.69, 9.17) is 4.74 Å². The molecule has 1 aliphatic rings. The lowest BCUT2D eigenvalue weighted by molar-refractivity contribution is 0.385. The summed E-state index contributed by atoms with van der Waals surface area (Å²) in [4.78, 5) is 0. The summed E-state index contributed by atoms with van der Waals surface area (Å²) in [7, 11) is 1.49. The molecule has 0 aromatic heterocycles. The molecule has 0 aliphatic heterocycles. The van der Waals surface area contributed by atoms with Crippen molar-refractivity contribution >= 4 is 0 Å². The summed E-state index contributed by atoms with van der Waals surface area (Å²) >= 11 is 0. The molecule has 18 heavy (non-hydrogen) atoms. The molecule has 1 aromatic carbocycles. The Labute approximate surface area is 109 Å². The van der Waals surface area contributed by atoms with Crippen LogP contribution in [0, 0.1) is 11.2 Å². The van der Waals surface area contributed by atoms with Crippen LogP contribution in [0.15, 0.2) is 18.2 Å². The molecule has 0 atom stereocenters. The molecule has 3 heteroatoms. The van der Waals surface area contributed by atoms with Crippen molar-refractivity contribution < 1.29 is 9.13 Å². The van der Waals surface area contributed by atoms with Gasteiger partial charge in [0, 0.05) is 12.6 Å². The second-order valence-electron chi connectivity index (χ2n) is 5.68. The fourth-order valence-electron chi connectivity index (χ4n) is 2.27. The Balaban J connectivity index is 1.99. The molecule has 1 fully saturated rings. The maximum absolute atomic E-state index is 13.6. The van der Waals surface area contributed by atoms with Crippen molar-refractivity contribution in [1.29, 1.82) is 0 Å². The number of ether oxygens (including phenoxy) is 1. The lowest BCUT2D eigenvalue weighted by Gasteiger charge is -2.18. The molecule has 1 aromatic rings. The zero-order chi connectivity index (χ0) is 13.2. The van der Waals surface area contributed by atoms with Crippen LogP contribution in [0.2, 0.25) is 0 Å². The van der Waals surface area contributed by atoms with Crippen LogP contribution in [-0.4, -0.2) is 19.7 Å². The number of nitrogens with one attached hydrogen (secondary N) is 1. The minimum atomic E-state index is -0.261. The Morgan fingerprint density at radius 3 is 2.61 bits per heavy atom. The van der Waals surface area contributed by atoms with E-state index in [9.17, 15) is 4.39 Å². The first-order valence-electron chi connectivity index (χ1n) is 6.60. The molecule has 0 unspecified atom stereocenters. The van der Waals surface area contributed by atoms with Crippen molar-refractivity contribution in [2.24, 2.45) is 5.41 Å². The van der Waals surface area contributed by atoms with E-state index in [-0.39, 0.29) is 5.82 Å². The molecular formula is C15H22FNO. The molecule has 2 rings (SSSR count). The maximum atomic E-state index is 13.6. The van der Waals surface area contributed by atoms with Gasteiger partial charge in [-0.25, -0.2) is 4.39 Å². The first kappa shape index (κ1) is 13.3. The molecule has 0 spiro atoms. The molecule has 1 aliphatic carbocycles. The summed E-state index contributed by atoms with van der Waals surface area (Å²) in [6.45, 7) is 5.34. The average Bonchev–Trinajstić information content (AvgIpc) is 3.07. The predicted octanol–water partition coefficient (Wildman–Crippen LogP) is 3.16. The van der Waals surface area contributed by atoms with E-state index < -0.39 is 0 Å². The lowest BCUT2D eigenvalue weighted by Crippen LogP contribution is -2.31. The lowest BCUT2D eigenvalue weighted by atomic mass is 9.96. The highest BCUT2D eigenvalue weighted by molar-refractivity contribution is 5.30. The Morgan fingerprint density at radius 1 is 1.39 bits per heavy atom. The Kier molecular flexibility index (Phi) is 3.91. The molecule has 100 valence electrons. The van der Waals surface area contributed by atoms with Crippen molar-refractivity contribution in [3.8, 4) is 5.75 Å². The summed E-state index contributed by atoms with van der Waals surface area (Å²) in [5, 5.41) is 3.49. The van der Waals surface area contributed by atoms with E-state index in [0.717, 1.165) is 18.5 Å². The van der Waals surface area contributed by atoms with E-state index in [0.29, 0.717) is 17.2 Å². The number of halogens is 1. The molecule has 0 radical (unpaired) electrons. The molecule has 0 amide bonds. The van der Waals surface area contributed by atoms with Gasteiger partial charge in [0.2, 0.25) is 0 Å². The van der Waals surface area contributed by atoms with Crippen LogP contribution < -0.4 is 10.1 Å². The fourth-order valence-corrected chi connectivity index (χ4v) is 2.27. The van der Waals surface area contributed by atoms with Crippen LogP contribution in [0.3, 0.4) is 0 Å².